The molecule has 1 aliphatic heterocycles. The molecular weight excluding hydrogens is 304 g/mol. The van der Waals surface area contributed by atoms with Gasteiger partial charge in [-0.1, -0.05) is 12.1 Å². The summed E-state index contributed by atoms with van der Waals surface area (Å²) in [7, 11) is 0. The van der Waals surface area contributed by atoms with Gasteiger partial charge in [0.05, 0.1) is 32.7 Å². The highest BCUT2D eigenvalue weighted by molar-refractivity contribution is 5.91. The Kier molecular flexibility index (Phi) is 6.79. The first-order chi connectivity index (χ1) is 11.5. The van der Waals surface area contributed by atoms with Crippen molar-refractivity contribution in [1.82, 2.24) is 0 Å². The van der Waals surface area contributed by atoms with Gasteiger partial charge in [-0.3, -0.25) is 9.59 Å². The van der Waals surface area contributed by atoms with Crippen molar-refractivity contribution >= 4 is 17.6 Å². The van der Waals surface area contributed by atoms with E-state index in [9.17, 15) is 9.59 Å². The van der Waals surface area contributed by atoms with Crippen molar-refractivity contribution in [3.63, 3.8) is 0 Å². The van der Waals surface area contributed by atoms with Gasteiger partial charge in [-0.05, 0) is 50.8 Å². The first-order valence-corrected chi connectivity index (χ1v) is 8.87. The Balaban J connectivity index is 1.81. The second-order valence-corrected chi connectivity index (χ2v) is 6.66. The van der Waals surface area contributed by atoms with E-state index < -0.39 is 0 Å². The minimum Gasteiger partial charge on any atom is -0.466 e. The number of piperidine rings is 1. The number of rotatable bonds is 6. The number of aryl methyl sites for hydroxylation is 2. The smallest absolute Gasteiger partial charge is 0.314 e. The van der Waals surface area contributed by atoms with Crippen LogP contribution in [0.1, 0.15) is 37.3 Å². The van der Waals surface area contributed by atoms with Crippen LogP contribution in [0.4, 0.5) is 5.69 Å². The lowest BCUT2D eigenvalue weighted by molar-refractivity contribution is -0.906. The standard InChI is InChI=1S/C19H28N2O3/c1-4-24-19(23)16-6-5-10-21(13-16)11-9-18(22)20-17-12-14(2)7-8-15(17)3/h7-8,12,16H,4-6,9-11,13H2,1-3H3,(H,20,22)/p+1. The molecule has 132 valence electrons. The van der Waals surface area contributed by atoms with Crippen molar-refractivity contribution in [3.05, 3.63) is 29.3 Å². The maximum absolute atomic E-state index is 12.2. The second kappa shape index (κ2) is 8.83. The number of nitrogens with one attached hydrogen (secondary N) is 2. The number of carbonyl (C=O) groups is 2. The zero-order valence-corrected chi connectivity index (χ0v) is 15.0. The van der Waals surface area contributed by atoms with Crippen LogP contribution in [0.15, 0.2) is 18.2 Å². The van der Waals surface area contributed by atoms with Gasteiger partial charge in [0.15, 0.2) is 0 Å². The molecule has 1 aromatic rings. The molecule has 2 N–H and O–H groups in total. The molecule has 0 saturated carbocycles. The molecule has 24 heavy (non-hydrogen) atoms. The van der Waals surface area contributed by atoms with Crippen LogP contribution >= 0.6 is 0 Å². The van der Waals surface area contributed by atoms with Crippen molar-refractivity contribution in [1.29, 1.82) is 0 Å². The van der Waals surface area contributed by atoms with Crippen LogP contribution in [-0.4, -0.2) is 38.1 Å². The van der Waals surface area contributed by atoms with Crippen molar-refractivity contribution < 1.29 is 19.2 Å². The molecule has 1 amide bonds. The highest BCUT2D eigenvalue weighted by Crippen LogP contribution is 2.16. The van der Waals surface area contributed by atoms with Gasteiger partial charge in [0.2, 0.25) is 5.91 Å². The summed E-state index contributed by atoms with van der Waals surface area (Å²) in [5.41, 5.74) is 3.09. The van der Waals surface area contributed by atoms with Crippen LogP contribution in [0.2, 0.25) is 0 Å². The number of likely N-dealkylation sites (tertiary alicyclic amines) is 1. The van der Waals surface area contributed by atoms with Gasteiger partial charge in [0.25, 0.3) is 0 Å². The van der Waals surface area contributed by atoms with Crippen molar-refractivity contribution in [2.75, 3.05) is 31.6 Å². The molecule has 1 saturated heterocycles. The lowest BCUT2D eigenvalue weighted by Gasteiger charge is -2.28. The fourth-order valence-corrected chi connectivity index (χ4v) is 3.21. The van der Waals surface area contributed by atoms with Gasteiger partial charge < -0.3 is 15.0 Å². The third-order valence-corrected chi connectivity index (χ3v) is 4.61. The van der Waals surface area contributed by atoms with Crippen LogP contribution in [0.5, 0.6) is 0 Å². The molecule has 0 aromatic heterocycles. The Hall–Kier alpha value is -1.88. The van der Waals surface area contributed by atoms with Gasteiger partial charge >= 0.3 is 5.97 Å². The Morgan fingerprint density at radius 1 is 1.33 bits per heavy atom. The summed E-state index contributed by atoms with van der Waals surface area (Å²) in [5, 5.41) is 3.00. The monoisotopic (exact) mass is 333 g/mol. The minimum absolute atomic E-state index is 0.0178. The average molecular weight is 333 g/mol. The Morgan fingerprint density at radius 3 is 2.88 bits per heavy atom. The molecule has 0 radical (unpaired) electrons. The number of hydrogen-bond acceptors (Lipinski definition) is 3. The number of esters is 1. The van der Waals surface area contributed by atoms with Crippen LogP contribution < -0.4 is 10.2 Å². The molecule has 0 bridgehead atoms. The molecule has 0 aliphatic carbocycles. The minimum atomic E-state index is -0.0884. The van der Waals surface area contributed by atoms with Gasteiger partial charge in [-0.15, -0.1) is 0 Å². The average Bonchev–Trinajstić information content (AvgIpc) is 2.57. The predicted molar refractivity (Wildman–Crippen MR) is 94.1 cm³/mol. The molecule has 1 aliphatic rings. The first kappa shape index (κ1) is 18.5. The van der Waals surface area contributed by atoms with Crippen LogP contribution in [0.3, 0.4) is 0 Å². The molecule has 2 rings (SSSR count). The summed E-state index contributed by atoms with van der Waals surface area (Å²) in [4.78, 5) is 25.4. The topological polar surface area (TPSA) is 59.8 Å². The number of hydrogen-bond donors (Lipinski definition) is 2. The van der Waals surface area contributed by atoms with Gasteiger partial charge in [-0.2, -0.15) is 0 Å². The normalized spacial score (nSPS) is 20.5. The molecule has 1 heterocycles. The summed E-state index contributed by atoms with van der Waals surface area (Å²) in [6.45, 7) is 8.83. The van der Waals surface area contributed by atoms with E-state index in [1.165, 1.54) is 4.90 Å². The van der Waals surface area contributed by atoms with E-state index in [0.717, 1.165) is 49.3 Å². The third-order valence-electron chi connectivity index (χ3n) is 4.61. The predicted octanol–water partition coefficient (Wildman–Crippen LogP) is 1.49. The highest BCUT2D eigenvalue weighted by Gasteiger charge is 2.29. The largest absolute Gasteiger partial charge is 0.466 e. The summed E-state index contributed by atoms with van der Waals surface area (Å²) in [6, 6.07) is 6.06. The van der Waals surface area contributed by atoms with Crippen molar-refractivity contribution in [2.24, 2.45) is 5.92 Å². The molecule has 1 aromatic carbocycles. The SMILES string of the molecule is CCOC(=O)C1CCC[NH+](CCC(=O)Nc2cc(C)ccc2C)C1. The Bertz CT molecular complexity index is 586. The lowest BCUT2D eigenvalue weighted by atomic mass is 9.98. The van der Waals surface area contributed by atoms with Gasteiger partial charge in [0, 0.05) is 5.69 Å². The lowest BCUT2D eigenvalue weighted by Crippen LogP contribution is -3.13. The Morgan fingerprint density at radius 2 is 2.12 bits per heavy atom. The molecular formula is C19H29N2O3+. The fraction of sp³-hybridized carbons (Fsp3) is 0.579. The fourth-order valence-electron chi connectivity index (χ4n) is 3.21. The van der Waals surface area contributed by atoms with Crippen LogP contribution in [0, 0.1) is 19.8 Å². The van der Waals surface area contributed by atoms with Crippen LogP contribution in [0.25, 0.3) is 0 Å². The molecule has 2 atom stereocenters. The quantitative estimate of drug-likeness (QED) is 0.776. The number of ether oxygens (including phenoxy) is 1. The highest BCUT2D eigenvalue weighted by atomic mass is 16.5. The maximum atomic E-state index is 12.2. The molecule has 5 nitrogen and oxygen atoms in total. The van der Waals surface area contributed by atoms with Gasteiger partial charge in [-0.25, -0.2) is 0 Å². The van der Waals surface area contributed by atoms with Crippen LogP contribution in [-0.2, 0) is 14.3 Å². The Labute approximate surface area is 144 Å². The molecule has 0 spiro atoms. The maximum Gasteiger partial charge on any atom is 0.314 e. The summed E-state index contributed by atoms with van der Waals surface area (Å²) >= 11 is 0. The van der Waals surface area contributed by atoms with Gasteiger partial charge in [0.1, 0.15) is 5.92 Å². The number of carbonyl (C=O) groups excluding carboxylic acids is 2. The van der Waals surface area contributed by atoms with E-state index >= 15 is 0 Å². The second-order valence-electron chi connectivity index (χ2n) is 6.66. The molecule has 1 fully saturated rings. The van der Waals surface area contributed by atoms with E-state index in [1.807, 2.05) is 39.0 Å². The summed E-state index contributed by atoms with van der Waals surface area (Å²) < 4.78 is 5.13. The third kappa shape index (κ3) is 5.34. The van der Waals surface area contributed by atoms with E-state index in [1.54, 1.807) is 0 Å². The number of quaternary nitrogens is 1. The molecule has 2 unspecified atom stereocenters. The number of amides is 1. The van der Waals surface area contributed by atoms with Crippen molar-refractivity contribution in [3.8, 4) is 0 Å². The molecule has 5 heteroatoms. The van der Waals surface area contributed by atoms with Crippen molar-refractivity contribution in [2.45, 2.75) is 40.0 Å². The first-order valence-electron chi connectivity index (χ1n) is 8.87. The zero-order valence-electron chi connectivity index (χ0n) is 15.0. The summed E-state index contributed by atoms with van der Waals surface area (Å²) in [5.74, 6) is -0.0697. The summed E-state index contributed by atoms with van der Waals surface area (Å²) in [6.07, 6.45) is 2.38. The van der Waals surface area contributed by atoms with E-state index in [4.69, 9.17) is 4.74 Å². The number of anilines is 1. The number of benzene rings is 1. The zero-order chi connectivity index (χ0) is 17.5. The van der Waals surface area contributed by atoms with E-state index in [-0.39, 0.29) is 17.8 Å². The van der Waals surface area contributed by atoms with E-state index in [0.29, 0.717) is 13.0 Å². The van der Waals surface area contributed by atoms with E-state index in [2.05, 4.69) is 5.32 Å².